The van der Waals surface area contributed by atoms with E-state index in [1.54, 1.807) is 22.3 Å². The van der Waals surface area contributed by atoms with E-state index in [1.807, 2.05) is 0 Å². The standard InChI is InChI=1S/C56H76Si.C27H36/c1-33(2)37-27-45(39-23-41(53(7,8)9)31-42(24-39)54(10,11)12)47-21-35(5)51(49(47)29-37)57(19,20)52-36(6)22-48-46(28-38(34(3)4)30-50(48)52)40-25-43(55(13,14)15)32-44(26-40)56(16,17)18;1-17(2)19-12-20-10-18(3)11-24(20)25(15-19)21-13-22(26(4,5)6)16-23(14-21)27(7,8)9/h21-34,51-52H,1-20H3;10,12-17H,11H2,1-9H3. The molecule has 0 aliphatic heterocycles. The summed E-state index contributed by atoms with van der Waals surface area (Å²) in [6.45, 7) is 68.9. The minimum absolute atomic E-state index is 0.0633. The van der Waals surface area contributed by atoms with Crippen LogP contribution in [0.5, 0.6) is 0 Å². The second-order valence-electron chi connectivity index (χ2n) is 34.3. The lowest BCUT2D eigenvalue weighted by Gasteiger charge is -2.39. The Morgan fingerprint density at radius 2 is 0.619 bits per heavy atom. The molecule has 2 atom stereocenters. The first-order valence-electron chi connectivity index (χ1n) is 32.4. The molecule has 0 aromatic heterocycles. The number of hydrogen-bond donors (Lipinski definition) is 0. The van der Waals surface area contributed by atoms with E-state index in [4.69, 9.17) is 0 Å². The predicted molar refractivity (Wildman–Crippen MR) is 378 cm³/mol. The zero-order valence-electron chi connectivity index (χ0n) is 58.5. The van der Waals surface area contributed by atoms with Crippen molar-refractivity contribution in [1.82, 2.24) is 0 Å². The molecule has 0 N–H and O–H groups in total. The third-order valence-electron chi connectivity index (χ3n) is 19.3. The van der Waals surface area contributed by atoms with Crippen molar-refractivity contribution in [3.05, 3.63) is 191 Å². The third-order valence-corrected chi connectivity index (χ3v) is 23.8. The Labute approximate surface area is 515 Å². The normalized spacial score (nSPS) is 16.6. The van der Waals surface area contributed by atoms with Gasteiger partial charge >= 0.3 is 0 Å². The van der Waals surface area contributed by atoms with E-state index in [1.165, 1.54) is 111 Å². The molecule has 3 aliphatic rings. The largest absolute Gasteiger partial charge is 0.0722 e. The molecule has 3 aliphatic carbocycles. The van der Waals surface area contributed by atoms with Crippen LogP contribution in [-0.4, -0.2) is 8.07 Å². The first kappa shape index (κ1) is 64.7. The van der Waals surface area contributed by atoms with Gasteiger partial charge in [0.05, 0.1) is 8.07 Å². The van der Waals surface area contributed by atoms with Crippen LogP contribution in [0.2, 0.25) is 13.1 Å². The summed E-state index contributed by atoms with van der Waals surface area (Å²) in [7, 11) is -2.13. The second-order valence-corrected chi connectivity index (χ2v) is 39.1. The molecule has 448 valence electrons. The Hall–Kier alpha value is -5.24. The van der Waals surface area contributed by atoms with Gasteiger partial charge in [0, 0.05) is 11.1 Å². The van der Waals surface area contributed by atoms with Crippen LogP contribution in [0.4, 0.5) is 0 Å². The maximum absolute atomic E-state index is 2.71. The van der Waals surface area contributed by atoms with Gasteiger partial charge in [-0.15, -0.1) is 0 Å². The molecule has 0 nitrogen and oxygen atoms in total. The highest BCUT2D eigenvalue weighted by Gasteiger charge is 2.48. The number of rotatable bonds is 8. The number of allylic oxidation sites excluding steroid dienone is 3. The molecule has 1 heteroatoms. The van der Waals surface area contributed by atoms with Crippen molar-refractivity contribution in [2.24, 2.45) is 0 Å². The van der Waals surface area contributed by atoms with Crippen molar-refractivity contribution >= 4 is 26.3 Å². The third kappa shape index (κ3) is 13.2. The molecule has 2 unspecified atom stereocenters. The summed E-state index contributed by atoms with van der Waals surface area (Å²) >= 11 is 0. The Kier molecular flexibility index (Phi) is 17.3. The van der Waals surface area contributed by atoms with Crippen LogP contribution in [-0.2, 0) is 38.9 Å². The topological polar surface area (TPSA) is 0 Å². The smallest absolute Gasteiger partial charge is 0.0683 e. The highest BCUT2D eigenvalue weighted by Crippen LogP contribution is 2.56. The van der Waals surface area contributed by atoms with Crippen LogP contribution in [0.3, 0.4) is 0 Å². The zero-order valence-corrected chi connectivity index (χ0v) is 59.5. The van der Waals surface area contributed by atoms with Crippen LogP contribution in [0.25, 0.3) is 51.6 Å². The van der Waals surface area contributed by atoms with Gasteiger partial charge in [-0.3, -0.25) is 0 Å². The fraction of sp³-hybridized carbons (Fsp3) is 0.494. The summed E-state index contributed by atoms with van der Waals surface area (Å²) in [6, 6.07) is 37.4. The van der Waals surface area contributed by atoms with Gasteiger partial charge in [-0.25, -0.2) is 0 Å². The monoisotopic (exact) mass is 1140 g/mol. The second kappa shape index (κ2) is 22.5. The van der Waals surface area contributed by atoms with Crippen LogP contribution in [0.1, 0.15) is 299 Å². The van der Waals surface area contributed by atoms with Crippen molar-refractivity contribution in [3.63, 3.8) is 0 Å². The molecule has 0 fully saturated rings. The van der Waals surface area contributed by atoms with E-state index in [0.29, 0.717) is 28.8 Å². The molecule has 6 aromatic carbocycles. The Morgan fingerprint density at radius 1 is 0.345 bits per heavy atom. The first-order chi connectivity index (χ1) is 38.4. The van der Waals surface area contributed by atoms with Gasteiger partial charge in [-0.05, 0) is 194 Å². The van der Waals surface area contributed by atoms with Crippen LogP contribution >= 0.6 is 0 Å². The fourth-order valence-corrected chi connectivity index (χ4v) is 18.7. The molecule has 0 heterocycles. The molecule has 0 saturated carbocycles. The van der Waals surface area contributed by atoms with Gasteiger partial charge in [0.1, 0.15) is 0 Å². The molecule has 84 heavy (non-hydrogen) atoms. The van der Waals surface area contributed by atoms with Gasteiger partial charge in [0.25, 0.3) is 0 Å². The summed E-state index contributed by atoms with van der Waals surface area (Å²) in [5.41, 5.74) is 36.2. The van der Waals surface area contributed by atoms with Crippen molar-refractivity contribution in [2.45, 2.75) is 268 Å². The predicted octanol–water partition coefficient (Wildman–Crippen LogP) is 25.0. The summed E-state index contributed by atoms with van der Waals surface area (Å²) in [6.07, 6.45) is 8.63. The minimum atomic E-state index is -2.13. The number of benzene rings is 6. The lowest BCUT2D eigenvalue weighted by atomic mass is 9.78. The van der Waals surface area contributed by atoms with Crippen molar-refractivity contribution in [1.29, 1.82) is 0 Å². The van der Waals surface area contributed by atoms with Gasteiger partial charge in [-0.1, -0.05) is 305 Å². The summed E-state index contributed by atoms with van der Waals surface area (Å²) in [4.78, 5) is 0. The molecule has 0 spiro atoms. The van der Waals surface area contributed by atoms with E-state index in [9.17, 15) is 0 Å². The van der Waals surface area contributed by atoms with E-state index in [0.717, 1.165) is 6.42 Å². The maximum atomic E-state index is 2.71. The lowest BCUT2D eigenvalue weighted by molar-refractivity contribution is 0.568. The Bertz CT molecular complexity index is 3340. The molecular formula is C83H112Si. The molecule has 0 amide bonds. The van der Waals surface area contributed by atoms with Gasteiger partial charge in [0.15, 0.2) is 0 Å². The summed E-state index contributed by atoms with van der Waals surface area (Å²) < 4.78 is 0. The maximum Gasteiger partial charge on any atom is 0.0722 e. The van der Waals surface area contributed by atoms with Gasteiger partial charge in [0.2, 0.25) is 0 Å². The number of hydrogen-bond acceptors (Lipinski definition) is 0. The van der Waals surface area contributed by atoms with E-state index in [2.05, 4.69) is 309 Å². The summed E-state index contributed by atoms with van der Waals surface area (Å²) in [5.74, 6) is 1.43. The number of fused-ring (bicyclic) bond motifs is 3. The van der Waals surface area contributed by atoms with Gasteiger partial charge in [-0.2, -0.15) is 0 Å². The minimum Gasteiger partial charge on any atom is -0.0683 e. The Morgan fingerprint density at radius 3 is 0.905 bits per heavy atom. The highest BCUT2D eigenvalue weighted by atomic mass is 28.3. The van der Waals surface area contributed by atoms with Crippen LogP contribution in [0.15, 0.2) is 108 Å². The lowest BCUT2D eigenvalue weighted by Crippen LogP contribution is -2.42. The van der Waals surface area contributed by atoms with Crippen LogP contribution < -0.4 is 0 Å². The van der Waals surface area contributed by atoms with E-state index < -0.39 is 8.07 Å². The van der Waals surface area contributed by atoms with Crippen LogP contribution in [0, 0.1) is 0 Å². The zero-order chi connectivity index (χ0) is 62.7. The SMILES string of the molecule is CC1=Cc2c(-c3cc(C(C)(C)C)cc(C(C)(C)C)c3)cc(C(C)C)cc2C1[Si](C)(C)C1C(C)=Cc2c(-c3cc(C(C)(C)C)cc(C(C)(C)C)c3)cc(C(C)C)cc21.CC1=Cc2cc(C(C)C)cc(-c3cc(C(C)(C)C)cc(C(C)(C)C)c3)c2C1. The van der Waals surface area contributed by atoms with E-state index >= 15 is 0 Å². The van der Waals surface area contributed by atoms with E-state index in [-0.39, 0.29) is 32.5 Å². The first-order valence-corrected chi connectivity index (χ1v) is 35.6. The average Bonchev–Trinajstić information content (AvgIpc) is 1.61. The molecule has 9 rings (SSSR count). The van der Waals surface area contributed by atoms with Gasteiger partial charge < -0.3 is 0 Å². The van der Waals surface area contributed by atoms with Crippen molar-refractivity contribution < 1.29 is 0 Å². The molecule has 0 bridgehead atoms. The fourth-order valence-electron chi connectivity index (χ4n) is 13.8. The molecule has 0 saturated heterocycles. The highest BCUT2D eigenvalue weighted by molar-refractivity contribution is 6.81. The van der Waals surface area contributed by atoms with Crippen molar-refractivity contribution in [2.75, 3.05) is 0 Å². The van der Waals surface area contributed by atoms with Crippen molar-refractivity contribution in [3.8, 4) is 33.4 Å². The summed E-state index contributed by atoms with van der Waals surface area (Å²) in [5, 5.41) is 0. The Balaban J connectivity index is 0.000000284. The quantitative estimate of drug-likeness (QED) is 0.133. The molecule has 0 radical (unpaired) electrons. The molecule has 6 aromatic rings. The molecular weight excluding hydrogens is 1020 g/mol. The average molecular weight is 1140 g/mol.